The van der Waals surface area contributed by atoms with Gasteiger partial charge < -0.3 is 15.3 Å². The largest absolute Gasteiger partial charge is 0.481 e. The van der Waals surface area contributed by atoms with Crippen molar-refractivity contribution >= 4 is 5.97 Å². The summed E-state index contributed by atoms with van der Waals surface area (Å²) in [6.45, 7) is 8.38. The third-order valence-electron chi connectivity index (χ3n) is 6.85. The van der Waals surface area contributed by atoms with E-state index in [1.807, 2.05) is 6.92 Å². The molecule has 2 aliphatic rings. The van der Waals surface area contributed by atoms with Crippen molar-refractivity contribution < 1.29 is 20.1 Å². The third-order valence-corrected chi connectivity index (χ3v) is 6.85. The Kier molecular flexibility index (Phi) is 5.92. The molecule has 3 N–H and O–H groups in total. The molecule has 0 radical (unpaired) electrons. The highest BCUT2D eigenvalue weighted by Crippen LogP contribution is 2.62. The van der Waals surface area contributed by atoms with Crippen molar-refractivity contribution in [2.24, 2.45) is 22.7 Å². The smallest absolute Gasteiger partial charge is 0.309 e. The molecule has 2 saturated carbocycles. The monoisotopic (exact) mass is 336 g/mol. The van der Waals surface area contributed by atoms with E-state index in [0.717, 1.165) is 50.5 Å². The van der Waals surface area contributed by atoms with Crippen LogP contribution in [0.2, 0.25) is 0 Å². The first kappa shape index (κ1) is 19.2. The van der Waals surface area contributed by atoms with E-state index in [0.29, 0.717) is 0 Å². The van der Waals surface area contributed by atoms with Gasteiger partial charge in [-0.1, -0.05) is 31.6 Å². The SMILES string of the molecule is C=C1CC[C@@H]2[C@@](C)(CCC[C@@]2(C)C(=O)O)[C@H]1CC/C(=C\CO)CO. The molecule has 0 aromatic heterocycles. The van der Waals surface area contributed by atoms with Crippen molar-refractivity contribution in [3.63, 3.8) is 0 Å². The molecule has 0 unspecified atom stereocenters. The predicted octanol–water partition coefficient (Wildman–Crippen LogP) is 3.54. The van der Waals surface area contributed by atoms with Crippen molar-refractivity contribution in [2.45, 2.75) is 58.8 Å². The molecule has 2 fully saturated rings. The van der Waals surface area contributed by atoms with E-state index in [1.54, 1.807) is 6.08 Å². The lowest BCUT2D eigenvalue weighted by atomic mass is 9.46. The highest BCUT2D eigenvalue weighted by molar-refractivity contribution is 5.75. The number of fused-ring (bicyclic) bond motifs is 1. The summed E-state index contributed by atoms with van der Waals surface area (Å²) in [5.74, 6) is -0.212. The third kappa shape index (κ3) is 3.31. The number of hydrogen-bond donors (Lipinski definition) is 3. The summed E-state index contributed by atoms with van der Waals surface area (Å²) >= 11 is 0. The summed E-state index contributed by atoms with van der Waals surface area (Å²) in [6.07, 6.45) is 7.82. The van der Waals surface area contributed by atoms with Crippen LogP contribution in [0.3, 0.4) is 0 Å². The Hall–Kier alpha value is -1.13. The Bertz CT molecular complexity index is 524. The first-order valence-electron chi connectivity index (χ1n) is 9.10. The zero-order valence-electron chi connectivity index (χ0n) is 15.1. The fraction of sp³-hybridized carbons (Fsp3) is 0.750. The number of aliphatic hydroxyl groups excluding tert-OH is 2. The molecule has 4 heteroatoms. The van der Waals surface area contributed by atoms with E-state index in [-0.39, 0.29) is 30.5 Å². The fourth-order valence-corrected chi connectivity index (χ4v) is 5.44. The predicted molar refractivity (Wildman–Crippen MR) is 94.5 cm³/mol. The molecule has 0 aromatic rings. The molecule has 0 amide bonds. The highest BCUT2D eigenvalue weighted by Gasteiger charge is 2.57. The fourth-order valence-electron chi connectivity index (χ4n) is 5.44. The number of aliphatic hydroxyl groups is 2. The number of carboxylic acid groups (broad SMARTS) is 1. The number of allylic oxidation sites excluding steroid dienone is 1. The Morgan fingerprint density at radius 1 is 1.33 bits per heavy atom. The van der Waals surface area contributed by atoms with Gasteiger partial charge >= 0.3 is 5.97 Å². The van der Waals surface area contributed by atoms with E-state index in [9.17, 15) is 15.0 Å². The Morgan fingerprint density at radius 3 is 2.62 bits per heavy atom. The highest BCUT2D eigenvalue weighted by atomic mass is 16.4. The number of rotatable bonds is 6. The lowest BCUT2D eigenvalue weighted by Gasteiger charge is -2.57. The van der Waals surface area contributed by atoms with Crippen molar-refractivity contribution in [3.8, 4) is 0 Å². The van der Waals surface area contributed by atoms with Crippen molar-refractivity contribution in [1.29, 1.82) is 0 Å². The molecule has 0 heterocycles. The summed E-state index contributed by atoms with van der Waals surface area (Å²) in [6, 6.07) is 0. The van der Waals surface area contributed by atoms with Gasteiger partial charge in [0.2, 0.25) is 0 Å². The zero-order chi connectivity index (χ0) is 18.0. The molecule has 4 atom stereocenters. The van der Waals surface area contributed by atoms with Gasteiger partial charge in [-0.05, 0) is 68.3 Å². The average molecular weight is 336 g/mol. The normalized spacial score (nSPS) is 37.2. The van der Waals surface area contributed by atoms with Gasteiger partial charge in [-0.15, -0.1) is 0 Å². The topological polar surface area (TPSA) is 77.8 Å². The first-order chi connectivity index (χ1) is 11.3. The minimum Gasteiger partial charge on any atom is -0.481 e. The molecule has 0 saturated heterocycles. The van der Waals surface area contributed by atoms with Crippen LogP contribution in [0.5, 0.6) is 0 Å². The van der Waals surface area contributed by atoms with E-state index in [4.69, 9.17) is 5.11 Å². The lowest BCUT2D eigenvalue weighted by Crippen LogP contribution is -2.53. The van der Waals surface area contributed by atoms with Gasteiger partial charge in [0, 0.05) is 0 Å². The quantitative estimate of drug-likeness (QED) is 0.648. The van der Waals surface area contributed by atoms with E-state index < -0.39 is 11.4 Å². The van der Waals surface area contributed by atoms with Gasteiger partial charge in [-0.2, -0.15) is 0 Å². The molecule has 0 aliphatic heterocycles. The average Bonchev–Trinajstić information content (AvgIpc) is 2.52. The second-order valence-electron chi connectivity index (χ2n) is 8.13. The summed E-state index contributed by atoms with van der Waals surface area (Å²) in [5.41, 5.74) is 1.39. The number of hydrogen-bond acceptors (Lipinski definition) is 3. The maximum atomic E-state index is 12.0. The number of aliphatic carboxylic acids is 1. The summed E-state index contributed by atoms with van der Waals surface area (Å²) in [7, 11) is 0. The molecule has 4 nitrogen and oxygen atoms in total. The maximum Gasteiger partial charge on any atom is 0.309 e. The number of carboxylic acids is 1. The van der Waals surface area contributed by atoms with Crippen LogP contribution in [0.1, 0.15) is 58.8 Å². The minimum absolute atomic E-state index is 0.0350. The standard InChI is InChI=1S/C20H32O4/c1-14-5-8-17-19(2,10-4-11-20(17,3)18(23)24)16(14)7-6-15(13-22)9-12-21/h9,16-17,21-22H,1,4-8,10-13H2,2-3H3,(H,23,24)/b15-9+/t16-,17+,19-,20+/m0/s1. The van der Waals surface area contributed by atoms with Crippen molar-refractivity contribution in [3.05, 3.63) is 23.8 Å². The second kappa shape index (κ2) is 7.40. The molecule has 2 aliphatic carbocycles. The van der Waals surface area contributed by atoms with Crippen molar-refractivity contribution in [1.82, 2.24) is 0 Å². The zero-order valence-corrected chi connectivity index (χ0v) is 15.1. The summed E-state index contributed by atoms with van der Waals surface area (Å²) in [4.78, 5) is 12.0. The van der Waals surface area contributed by atoms with Crippen molar-refractivity contribution in [2.75, 3.05) is 13.2 Å². The van der Waals surface area contributed by atoms with E-state index in [2.05, 4.69) is 13.5 Å². The molecular formula is C20H32O4. The van der Waals surface area contributed by atoms with Crippen LogP contribution in [0.25, 0.3) is 0 Å². The van der Waals surface area contributed by atoms with Crippen LogP contribution in [0.15, 0.2) is 23.8 Å². The van der Waals surface area contributed by atoms with Gasteiger partial charge in [-0.3, -0.25) is 4.79 Å². The first-order valence-corrected chi connectivity index (χ1v) is 9.10. The van der Waals surface area contributed by atoms with E-state index in [1.165, 1.54) is 5.57 Å². The van der Waals surface area contributed by atoms with Crippen LogP contribution in [-0.4, -0.2) is 34.5 Å². The molecule has 136 valence electrons. The molecule has 24 heavy (non-hydrogen) atoms. The van der Waals surface area contributed by atoms with Crippen LogP contribution >= 0.6 is 0 Å². The van der Waals surface area contributed by atoms with Gasteiger partial charge in [0.1, 0.15) is 0 Å². The molecule has 0 bridgehead atoms. The molecule has 2 rings (SSSR count). The molecule has 0 aromatic carbocycles. The van der Waals surface area contributed by atoms with Crippen LogP contribution in [0, 0.1) is 22.7 Å². The number of carbonyl (C=O) groups is 1. The summed E-state index contributed by atoms with van der Waals surface area (Å²) < 4.78 is 0. The lowest BCUT2D eigenvalue weighted by molar-refractivity contribution is -0.164. The summed E-state index contributed by atoms with van der Waals surface area (Å²) in [5, 5.41) is 28.3. The molecule has 0 spiro atoms. The van der Waals surface area contributed by atoms with Gasteiger partial charge in [0.05, 0.1) is 18.6 Å². The van der Waals surface area contributed by atoms with E-state index >= 15 is 0 Å². The van der Waals surface area contributed by atoms with Crippen LogP contribution in [-0.2, 0) is 4.79 Å². The Balaban J connectivity index is 2.25. The van der Waals surface area contributed by atoms with Gasteiger partial charge in [0.15, 0.2) is 0 Å². The second-order valence-corrected chi connectivity index (χ2v) is 8.13. The minimum atomic E-state index is -0.666. The molecular weight excluding hydrogens is 304 g/mol. The van der Waals surface area contributed by atoms with Gasteiger partial charge in [-0.25, -0.2) is 0 Å². The Morgan fingerprint density at radius 2 is 2.04 bits per heavy atom. The maximum absolute atomic E-state index is 12.0. The Labute approximate surface area is 145 Å². The van der Waals surface area contributed by atoms with Gasteiger partial charge in [0.25, 0.3) is 0 Å². The van der Waals surface area contributed by atoms with Crippen LogP contribution < -0.4 is 0 Å². The van der Waals surface area contributed by atoms with Crippen LogP contribution in [0.4, 0.5) is 0 Å².